The van der Waals surface area contributed by atoms with Crippen LogP contribution in [0.25, 0.3) is 10.9 Å². The molecule has 0 radical (unpaired) electrons. The highest BCUT2D eigenvalue weighted by atomic mass is 16.3. The van der Waals surface area contributed by atoms with Crippen LogP contribution in [-0.4, -0.2) is 20.2 Å². The summed E-state index contributed by atoms with van der Waals surface area (Å²) in [5.74, 6) is 0.949. The molecule has 4 rings (SSSR count). The molecule has 5 heteroatoms. The van der Waals surface area contributed by atoms with Crippen molar-refractivity contribution < 1.29 is 10.2 Å². The highest BCUT2D eigenvalue weighted by molar-refractivity contribution is 5.86. The number of aromatic nitrogens is 2. The monoisotopic (exact) mass is 357 g/mol. The number of fused-ring (bicyclic) bond motifs is 1. The third-order valence-corrected chi connectivity index (χ3v) is 4.48. The maximum Gasteiger partial charge on any atom is 0.147 e. The van der Waals surface area contributed by atoms with Crippen molar-refractivity contribution in [3.8, 4) is 11.5 Å². The van der Waals surface area contributed by atoms with Crippen molar-refractivity contribution in [1.82, 2.24) is 9.97 Å². The minimum absolute atomic E-state index is 0.118. The van der Waals surface area contributed by atoms with Gasteiger partial charge in [-0.1, -0.05) is 36.4 Å². The van der Waals surface area contributed by atoms with Gasteiger partial charge in [-0.2, -0.15) is 0 Å². The van der Waals surface area contributed by atoms with E-state index in [2.05, 4.69) is 15.3 Å². The molecule has 27 heavy (non-hydrogen) atoms. The summed E-state index contributed by atoms with van der Waals surface area (Å²) in [5, 5.41) is 25.1. The quantitative estimate of drug-likeness (QED) is 0.499. The van der Waals surface area contributed by atoms with Gasteiger partial charge in [0.2, 0.25) is 0 Å². The molecule has 4 aromatic rings. The van der Waals surface area contributed by atoms with E-state index in [0.717, 1.165) is 16.6 Å². The van der Waals surface area contributed by atoms with Crippen LogP contribution in [0.2, 0.25) is 0 Å². The predicted octanol–water partition coefficient (Wildman–Crippen LogP) is 4.55. The summed E-state index contributed by atoms with van der Waals surface area (Å²) in [7, 11) is 0. The summed E-state index contributed by atoms with van der Waals surface area (Å²) >= 11 is 0. The molecule has 5 nitrogen and oxygen atoms in total. The standard InChI is InChI=1S/C22H19N3O2/c1-14-8-9-15-10-11-18(22(27)21(15)24-14)20(16-5-4-6-17(26)13-16)25-19-7-2-3-12-23-19/h2-13,20,26-27H,1H3,(H,23,25). The Balaban J connectivity index is 1.87. The third-order valence-electron chi connectivity index (χ3n) is 4.48. The molecule has 1 unspecified atom stereocenters. The fraction of sp³-hybridized carbons (Fsp3) is 0.0909. The second-order valence-electron chi connectivity index (χ2n) is 6.42. The molecule has 2 aromatic carbocycles. The number of phenols is 2. The Bertz CT molecular complexity index is 1100. The Morgan fingerprint density at radius 1 is 0.926 bits per heavy atom. The zero-order valence-electron chi connectivity index (χ0n) is 14.8. The maximum atomic E-state index is 11.0. The van der Waals surface area contributed by atoms with E-state index in [0.29, 0.717) is 16.9 Å². The number of benzene rings is 2. The van der Waals surface area contributed by atoms with E-state index in [1.165, 1.54) is 0 Å². The van der Waals surface area contributed by atoms with E-state index in [-0.39, 0.29) is 11.5 Å². The number of rotatable bonds is 4. The summed E-state index contributed by atoms with van der Waals surface area (Å²) in [6, 6.07) is 19.8. The van der Waals surface area contributed by atoms with Crippen LogP contribution < -0.4 is 5.32 Å². The molecule has 0 bridgehead atoms. The average Bonchev–Trinajstić information content (AvgIpc) is 2.68. The zero-order chi connectivity index (χ0) is 18.8. The normalized spacial score (nSPS) is 12.0. The van der Waals surface area contributed by atoms with Crippen LogP contribution in [0.5, 0.6) is 11.5 Å². The highest BCUT2D eigenvalue weighted by Gasteiger charge is 2.21. The lowest BCUT2D eigenvalue weighted by Crippen LogP contribution is -2.13. The minimum Gasteiger partial charge on any atom is -0.508 e. The van der Waals surface area contributed by atoms with Gasteiger partial charge in [0.1, 0.15) is 22.8 Å². The van der Waals surface area contributed by atoms with Gasteiger partial charge in [0.15, 0.2) is 0 Å². The topological polar surface area (TPSA) is 78.3 Å². The number of aryl methyl sites for hydroxylation is 1. The van der Waals surface area contributed by atoms with Crippen molar-refractivity contribution in [1.29, 1.82) is 0 Å². The Morgan fingerprint density at radius 2 is 1.78 bits per heavy atom. The summed E-state index contributed by atoms with van der Waals surface area (Å²) < 4.78 is 0. The van der Waals surface area contributed by atoms with Crippen LogP contribution in [0.15, 0.2) is 72.9 Å². The van der Waals surface area contributed by atoms with Gasteiger partial charge in [-0.15, -0.1) is 0 Å². The largest absolute Gasteiger partial charge is 0.508 e. The molecule has 0 amide bonds. The van der Waals surface area contributed by atoms with Crippen LogP contribution in [0.3, 0.4) is 0 Å². The van der Waals surface area contributed by atoms with Gasteiger partial charge in [0.25, 0.3) is 0 Å². The molecule has 0 saturated heterocycles. The van der Waals surface area contributed by atoms with Crippen molar-refractivity contribution in [3.05, 3.63) is 89.7 Å². The number of nitrogens with one attached hydrogen (secondary N) is 1. The first kappa shape index (κ1) is 16.8. The number of anilines is 1. The molecular formula is C22H19N3O2. The lowest BCUT2D eigenvalue weighted by molar-refractivity contribution is 0.469. The van der Waals surface area contributed by atoms with E-state index in [1.54, 1.807) is 24.4 Å². The van der Waals surface area contributed by atoms with E-state index < -0.39 is 6.04 Å². The van der Waals surface area contributed by atoms with Gasteiger partial charge in [-0.05, 0) is 42.8 Å². The molecule has 0 spiro atoms. The molecule has 0 saturated carbocycles. The van der Waals surface area contributed by atoms with Gasteiger partial charge >= 0.3 is 0 Å². The number of hydrogen-bond donors (Lipinski definition) is 3. The summed E-state index contributed by atoms with van der Waals surface area (Å²) in [6.45, 7) is 1.89. The average molecular weight is 357 g/mol. The van der Waals surface area contributed by atoms with Crippen LogP contribution in [0.4, 0.5) is 5.82 Å². The van der Waals surface area contributed by atoms with Crippen molar-refractivity contribution >= 4 is 16.7 Å². The fourth-order valence-corrected chi connectivity index (χ4v) is 3.16. The van der Waals surface area contributed by atoms with E-state index >= 15 is 0 Å². The smallest absolute Gasteiger partial charge is 0.147 e. The Labute approximate surface area is 157 Å². The van der Waals surface area contributed by atoms with Crippen molar-refractivity contribution in [2.45, 2.75) is 13.0 Å². The molecule has 134 valence electrons. The van der Waals surface area contributed by atoms with Crippen LogP contribution in [0, 0.1) is 6.92 Å². The van der Waals surface area contributed by atoms with Gasteiger partial charge in [0.05, 0.1) is 6.04 Å². The third kappa shape index (κ3) is 3.40. The molecule has 0 aliphatic rings. The Kier molecular flexibility index (Phi) is 4.34. The molecule has 3 N–H and O–H groups in total. The first-order valence-electron chi connectivity index (χ1n) is 8.67. The minimum atomic E-state index is -0.404. The van der Waals surface area contributed by atoms with Crippen LogP contribution >= 0.6 is 0 Å². The molecule has 0 aliphatic carbocycles. The fourth-order valence-electron chi connectivity index (χ4n) is 3.16. The maximum absolute atomic E-state index is 11.0. The molecular weight excluding hydrogens is 338 g/mol. The molecule has 1 atom stereocenters. The molecule has 0 aliphatic heterocycles. The Hall–Kier alpha value is -3.60. The summed E-state index contributed by atoms with van der Waals surface area (Å²) in [5.41, 5.74) is 2.86. The van der Waals surface area contributed by atoms with Crippen molar-refractivity contribution in [3.63, 3.8) is 0 Å². The highest BCUT2D eigenvalue weighted by Crippen LogP contribution is 2.37. The molecule has 0 fully saturated rings. The second kappa shape index (κ2) is 6.96. The first-order valence-corrected chi connectivity index (χ1v) is 8.67. The second-order valence-corrected chi connectivity index (χ2v) is 6.42. The lowest BCUT2D eigenvalue weighted by atomic mass is 9.96. The van der Waals surface area contributed by atoms with Crippen LogP contribution in [-0.2, 0) is 0 Å². The SMILES string of the molecule is Cc1ccc2ccc(C(Nc3ccccn3)c3cccc(O)c3)c(O)c2n1. The van der Waals surface area contributed by atoms with Crippen molar-refractivity contribution in [2.75, 3.05) is 5.32 Å². The number of phenolic OH excluding ortho intramolecular Hbond substituents is 2. The lowest BCUT2D eigenvalue weighted by Gasteiger charge is -2.22. The first-order chi connectivity index (χ1) is 13.1. The number of nitrogens with zero attached hydrogens (tertiary/aromatic N) is 2. The molecule has 2 aromatic heterocycles. The van der Waals surface area contributed by atoms with Gasteiger partial charge in [-0.3, -0.25) is 0 Å². The van der Waals surface area contributed by atoms with Crippen LogP contribution in [0.1, 0.15) is 22.9 Å². The van der Waals surface area contributed by atoms with Gasteiger partial charge in [-0.25, -0.2) is 9.97 Å². The molecule has 2 heterocycles. The number of pyridine rings is 2. The summed E-state index contributed by atoms with van der Waals surface area (Å²) in [4.78, 5) is 8.82. The zero-order valence-corrected chi connectivity index (χ0v) is 14.8. The summed E-state index contributed by atoms with van der Waals surface area (Å²) in [6.07, 6.45) is 1.70. The predicted molar refractivity (Wildman–Crippen MR) is 106 cm³/mol. The number of aromatic hydroxyl groups is 2. The van der Waals surface area contributed by atoms with Crippen molar-refractivity contribution in [2.24, 2.45) is 0 Å². The van der Waals surface area contributed by atoms with E-state index in [1.807, 2.05) is 55.5 Å². The Morgan fingerprint density at radius 3 is 2.56 bits per heavy atom. The van der Waals surface area contributed by atoms with Gasteiger partial charge < -0.3 is 15.5 Å². The van der Waals surface area contributed by atoms with E-state index in [4.69, 9.17) is 0 Å². The van der Waals surface area contributed by atoms with E-state index in [9.17, 15) is 10.2 Å². The number of hydrogen-bond acceptors (Lipinski definition) is 5. The van der Waals surface area contributed by atoms with Gasteiger partial charge in [0, 0.05) is 22.8 Å².